The summed E-state index contributed by atoms with van der Waals surface area (Å²) in [6.07, 6.45) is 5.78. The molecule has 5 fully saturated rings. The normalized spacial score (nSPS) is 25.6. The standard InChI is InChI=1S/C42H54F3N5O5S/c1-3-8-39(51)49-20-6-11-34(25-49)56(53,54)33-14-15-38(36(44)24-33)50-27-41(45,28-50)26-48-21-16-30(17-22-48)42(29-47-18-7-19-47,31-9-4-10-32(43)23-31)35-12-5-13-37(35)46-40(52)55-2/h4,9-10,14-15,23-24,30,34-35,37H,5-7,11-13,16-22,25-29H2,1-2H3,(H,46,52)/t34?,35-,37-,42?/m0/s1. The van der Waals surface area contributed by atoms with Gasteiger partial charge in [0.05, 0.1) is 36.0 Å². The zero-order valence-corrected chi connectivity index (χ0v) is 33.3. The molecule has 4 heterocycles. The van der Waals surface area contributed by atoms with Gasteiger partial charge in [0, 0.05) is 37.6 Å². The van der Waals surface area contributed by atoms with Crippen LogP contribution in [0.2, 0.25) is 0 Å². The number of rotatable bonds is 11. The Balaban J connectivity index is 1.01. The van der Waals surface area contributed by atoms with Gasteiger partial charge in [0.1, 0.15) is 11.6 Å². The van der Waals surface area contributed by atoms with Gasteiger partial charge in [0.15, 0.2) is 15.5 Å². The van der Waals surface area contributed by atoms with E-state index in [1.54, 1.807) is 24.0 Å². The summed E-state index contributed by atoms with van der Waals surface area (Å²) in [6, 6.07) is 10.7. The Morgan fingerprint density at radius 1 is 0.946 bits per heavy atom. The first-order chi connectivity index (χ1) is 26.8. The number of benzene rings is 2. The Morgan fingerprint density at radius 2 is 1.71 bits per heavy atom. The molecule has 14 heteroatoms. The molecule has 5 aliphatic rings. The number of nitrogens with one attached hydrogen (secondary N) is 1. The van der Waals surface area contributed by atoms with E-state index in [2.05, 4.69) is 27.0 Å². The number of sulfone groups is 1. The van der Waals surface area contributed by atoms with E-state index in [9.17, 15) is 18.0 Å². The summed E-state index contributed by atoms with van der Waals surface area (Å²) in [5, 5.41) is 2.26. The minimum absolute atomic E-state index is 0.00486. The molecule has 0 aromatic heterocycles. The lowest BCUT2D eigenvalue weighted by Gasteiger charge is -2.54. The summed E-state index contributed by atoms with van der Waals surface area (Å²) >= 11 is 0. The number of alkyl halides is 1. The third kappa shape index (κ3) is 8.14. The van der Waals surface area contributed by atoms with Gasteiger partial charge in [-0.15, -0.1) is 0 Å². The molecule has 7 rings (SSSR count). The fourth-order valence-electron chi connectivity index (χ4n) is 10.3. The Morgan fingerprint density at radius 3 is 2.38 bits per heavy atom. The molecule has 4 aliphatic heterocycles. The van der Waals surface area contributed by atoms with Crippen LogP contribution in [0.4, 0.5) is 23.7 Å². The minimum atomic E-state index is -3.92. The first-order valence-corrected chi connectivity index (χ1v) is 21.6. The van der Waals surface area contributed by atoms with Gasteiger partial charge in [-0.1, -0.05) is 24.5 Å². The smallest absolute Gasteiger partial charge is 0.407 e. The largest absolute Gasteiger partial charge is 0.453 e. The second kappa shape index (κ2) is 16.6. The van der Waals surface area contributed by atoms with Crippen molar-refractivity contribution in [2.24, 2.45) is 11.8 Å². The topological polar surface area (TPSA) is 103 Å². The van der Waals surface area contributed by atoms with Crippen LogP contribution in [0.15, 0.2) is 47.4 Å². The number of anilines is 1. The highest BCUT2D eigenvalue weighted by atomic mass is 32.2. The summed E-state index contributed by atoms with van der Waals surface area (Å²) in [5.74, 6) is 3.84. The van der Waals surface area contributed by atoms with Gasteiger partial charge in [0.2, 0.25) is 0 Å². The SMILES string of the molecule is CC#CC(=O)N1CCCC(S(=O)(=O)c2ccc(N3CC(F)(CN4CCC(C(CN5CCC5)(c5cccc(F)c5)[C@H]5CCC[C@@H]5NC(=O)OC)CC4)C3)c(F)c2)C1. The molecule has 0 bridgehead atoms. The monoisotopic (exact) mass is 797 g/mol. The molecule has 10 nitrogen and oxygen atoms in total. The zero-order chi connectivity index (χ0) is 39.7. The molecule has 2 unspecified atom stereocenters. The van der Waals surface area contributed by atoms with Crippen LogP contribution in [-0.2, 0) is 24.8 Å². The fraction of sp³-hybridized carbons (Fsp3) is 0.619. The van der Waals surface area contributed by atoms with Gasteiger partial charge in [-0.3, -0.25) is 9.69 Å². The highest BCUT2D eigenvalue weighted by molar-refractivity contribution is 7.92. The van der Waals surface area contributed by atoms with Gasteiger partial charge < -0.3 is 24.8 Å². The maximum Gasteiger partial charge on any atom is 0.407 e. The van der Waals surface area contributed by atoms with Crippen LogP contribution >= 0.6 is 0 Å². The summed E-state index contributed by atoms with van der Waals surface area (Å²) in [7, 11) is -2.55. The molecule has 0 radical (unpaired) electrons. The number of halogens is 3. The van der Waals surface area contributed by atoms with E-state index < -0.39 is 44.0 Å². The van der Waals surface area contributed by atoms with Gasteiger partial charge in [-0.2, -0.15) is 0 Å². The number of alkyl carbamates (subject to hydrolysis) is 1. The quantitative estimate of drug-likeness (QED) is 0.312. The summed E-state index contributed by atoms with van der Waals surface area (Å²) in [5.41, 5.74) is -0.873. The predicted octanol–water partition coefficient (Wildman–Crippen LogP) is 5.16. The maximum absolute atomic E-state index is 16.3. The van der Waals surface area contributed by atoms with Crippen molar-refractivity contribution in [3.8, 4) is 11.8 Å². The van der Waals surface area contributed by atoms with Crippen molar-refractivity contribution < 1.29 is 35.9 Å². The van der Waals surface area contributed by atoms with Crippen molar-refractivity contribution in [2.45, 2.75) is 85.6 Å². The van der Waals surface area contributed by atoms with E-state index in [1.165, 1.54) is 30.2 Å². The molecule has 0 spiro atoms. The number of carbonyl (C=O) groups is 2. The molecule has 1 saturated carbocycles. The highest BCUT2D eigenvalue weighted by Crippen LogP contribution is 2.52. The van der Waals surface area contributed by atoms with E-state index in [4.69, 9.17) is 4.74 Å². The summed E-state index contributed by atoms with van der Waals surface area (Å²) < 4.78 is 78.8. The van der Waals surface area contributed by atoms with Crippen LogP contribution in [0.25, 0.3) is 0 Å². The zero-order valence-electron chi connectivity index (χ0n) is 32.5. The molecule has 4 atom stereocenters. The van der Waals surface area contributed by atoms with Crippen LogP contribution in [0, 0.1) is 35.3 Å². The highest BCUT2D eigenvalue weighted by Gasteiger charge is 2.54. The average Bonchev–Trinajstić information content (AvgIpc) is 3.62. The molecular weight excluding hydrogens is 744 g/mol. The van der Waals surface area contributed by atoms with E-state index in [-0.39, 0.29) is 60.5 Å². The Bertz CT molecular complexity index is 1940. The molecule has 1 N–H and O–H groups in total. The molecule has 2 aromatic rings. The van der Waals surface area contributed by atoms with E-state index in [0.29, 0.717) is 32.5 Å². The average molecular weight is 798 g/mol. The number of hydrogen-bond donors (Lipinski definition) is 1. The number of piperidine rings is 2. The number of carbonyl (C=O) groups excluding carboxylic acids is 2. The number of likely N-dealkylation sites (tertiary alicyclic amines) is 3. The van der Waals surface area contributed by atoms with Crippen molar-refractivity contribution in [1.29, 1.82) is 0 Å². The van der Waals surface area contributed by atoms with Crippen molar-refractivity contribution in [2.75, 3.05) is 77.5 Å². The van der Waals surface area contributed by atoms with E-state index in [1.807, 2.05) is 6.07 Å². The van der Waals surface area contributed by atoms with Gasteiger partial charge >= 0.3 is 6.09 Å². The van der Waals surface area contributed by atoms with Crippen LogP contribution in [0.5, 0.6) is 0 Å². The molecule has 1 aliphatic carbocycles. The van der Waals surface area contributed by atoms with Crippen LogP contribution in [0.3, 0.4) is 0 Å². The molecule has 2 aromatic carbocycles. The minimum Gasteiger partial charge on any atom is -0.453 e. The van der Waals surface area contributed by atoms with Crippen LogP contribution in [-0.4, -0.2) is 125 Å². The molecule has 2 amide bonds. The second-order valence-corrected chi connectivity index (χ2v) is 18.8. The summed E-state index contributed by atoms with van der Waals surface area (Å²) in [6.45, 7) is 6.19. The van der Waals surface area contributed by atoms with E-state index >= 15 is 13.2 Å². The molecular formula is C42H54F3N5O5S. The molecule has 304 valence electrons. The number of ether oxygens (including phenoxy) is 1. The Labute approximate surface area is 329 Å². The van der Waals surface area contributed by atoms with Crippen molar-refractivity contribution in [1.82, 2.24) is 20.0 Å². The maximum atomic E-state index is 16.3. The van der Waals surface area contributed by atoms with Crippen LogP contribution in [0.1, 0.15) is 63.9 Å². The Kier molecular flexibility index (Phi) is 12.0. The van der Waals surface area contributed by atoms with E-state index in [0.717, 1.165) is 69.8 Å². The number of amides is 2. The third-order valence-electron chi connectivity index (χ3n) is 13.2. The second-order valence-electron chi connectivity index (χ2n) is 16.6. The lowest BCUT2D eigenvalue weighted by Crippen LogP contribution is -2.65. The third-order valence-corrected chi connectivity index (χ3v) is 15.3. The lowest BCUT2D eigenvalue weighted by atomic mass is 9.57. The first kappa shape index (κ1) is 40.4. The molecule has 4 saturated heterocycles. The first-order valence-electron chi connectivity index (χ1n) is 20.1. The fourth-order valence-corrected chi connectivity index (χ4v) is 12.1. The van der Waals surface area contributed by atoms with Crippen molar-refractivity contribution in [3.05, 3.63) is 59.7 Å². The van der Waals surface area contributed by atoms with Crippen molar-refractivity contribution in [3.63, 3.8) is 0 Å². The van der Waals surface area contributed by atoms with Gasteiger partial charge in [-0.05, 0) is 132 Å². The number of methoxy groups -OCH3 is 1. The predicted molar refractivity (Wildman–Crippen MR) is 208 cm³/mol. The van der Waals surface area contributed by atoms with Crippen molar-refractivity contribution >= 4 is 27.5 Å². The summed E-state index contributed by atoms with van der Waals surface area (Å²) in [4.78, 5) is 32.3. The van der Waals surface area contributed by atoms with Gasteiger partial charge in [-0.25, -0.2) is 26.4 Å². The number of hydrogen-bond acceptors (Lipinski definition) is 8. The molecule has 56 heavy (non-hydrogen) atoms. The van der Waals surface area contributed by atoms with Crippen LogP contribution < -0.4 is 10.2 Å². The lowest BCUT2D eigenvalue weighted by molar-refractivity contribution is -0.125. The van der Waals surface area contributed by atoms with Gasteiger partial charge in [0.25, 0.3) is 5.91 Å². The Hall–Kier alpha value is -3.80. The number of nitrogens with zero attached hydrogens (tertiary/aromatic N) is 4.